The maximum atomic E-state index is 10.0. The molecule has 12 heavy (non-hydrogen) atoms. The lowest BCUT2D eigenvalue weighted by atomic mass is 9.73. The summed E-state index contributed by atoms with van der Waals surface area (Å²) < 4.78 is 0. The molecule has 1 atom stereocenters. The lowest BCUT2D eigenvalue weighted by Crippen LogP contribution is -2.45. The quantitative estimate of drug-likeness (QED) is 0.680. The van der Waals surface area contributed by atoms with Gasteiger partial charge in [-0.2, -0.15) is 0 Å². The van der Waals surface area contributed by atoms with Crippen molar-refractivity contribution in [3.63, 3.8) is 0 Å². The molecule has 74 valence electrons. The van der Waals surface area contributed by atoms with E-state index in [1.807, 2.05) is 7.05 Å². The van der Waals surface area contributed by atoms with Crippen LogP contribution in [0.25, 0.3) is 0 Å². The fraction of sp³-hybridized carbons (Fsp3) is 1.00. The van der Waals surface area contributed by atoms with Crippen LogP contribution in [0.5, 0.6) is 0 Å². The van der Waals surface area contributed by atoms with Gasteiger partial charge in [0.15, 0.2) is 0 Å². The monoisotopic (exact) mass is 173 g/mol. The standard InChI is InChI=1S/C10H23NO/c1-9(2,3)8(12)10(4,5)7-11-6/h8,11-12H,7H2,1-6H3. The molecule has 0 spiro atoms. The summed E-state index contributed by atoms with van der Waals surface area (Å²) in [5, 5.41) is 13.1. The van der Waals surface area contributed by atoms with E-state index >= 15 is 0 Å². The van der Waals surface area contributed by atoms with Gasteiger partial charge >= 0.3 is 0 Å². The minimum Gasteiger partial charge on any atom is -0.392 e. The molecule has 0 heterocycles. The molecule has 0 saturated carbocycles. The zero-order valence-electron chi connectivity index (χ0n) is 9.23. The van der Waals surface area contributed by atoms with Gasteiger partial charge in [-0.1, -0.05) is 34.6 Å². The first kappa shape index (κ1) is 11.9. The number of hydrogen-bond donors (Lipinski definition) is 2. The van der Waals surface area contributed by atoms with Crippen molar-refractivity contribution in [2.45, 2.75) is 40.7 Å². The zero-order chi connectivity index (χ0) is 9.99. The Kier molecular flexibility index (Phi) is 3.73. The van der Waals surface area contributed by atoms with Crippen LogP contribution in [0.15, 0.2) is 0 Å². The maximum Gasteiger partial charge on any atom is 0.0651 e. The van der Waals surface area contributed by atoms with Crippen molar-refractivity contribution in [2.75, 3.05) is 13.6 Å². The Morgan fingerprint density at radius 1 is 1.17 bits per heavy atom. The van der Waals surface area contributed by atoms with Gasteiger partial charge in [-0.15, -0.1) is 0 Å². The molecule has 2 N–H and O–H groups in total. The van der Waals surface area contributed by atoms with E-state index in [9.17, 15) is 5.11 Å². The van der Waals surface area contributed by atoms with Gasteiger partial charge in [0.25, 0.3) is 0 Å². The van der Waals surface area contributed by atoms with Crippen LogP contribution in [-0.2, 0) is 0 Å². The molecule has 0 aliphatic rings. The highest BCUT2D eigenvalue weighted by atomic mass is 16.3. The average Bonchev–Trinajstić information content (AvgIpc) is 1.84. The molecule has 0 radical (unpaired) electrons. The van der Waals surface area contributed by atoms with E-state index in [1.165, 1.54) is 0 Å². The Labute approximate surface area is 76.4 Å². The van der Waals surface area contributed by atoms with Crippen molar-refractivity contribution in [3.05, 3.63) is 0 Å². The Hall–Kier alpha value is -0.0800. The SMILES string of the molecule is CNCC(C)(C)C(O)C(C)(C)C. The summed E-state index contributed by atoms with van der Waals surface area (Å²) in [6.45, 7) is 11.2. The molecule has 0 aromatic rings. The van der Waals surface area contributed by atoms with Crippen LogP contribution < -0.4 is 5.32 Å². The number of nitrogens with one attached hydrogen (secondary N) is 1. The highest BCUT2D eigenvalue weighted by Crippen LogP contribution is 2.32. The highest BCUT2D eigenvalue weighted by Gasteiger charge is 2.35. The predicted molar refractivity (Wildman–Crippen MR) is 53.2 cm³/mol. The number of aliphatic hydroxyl groups excluding tert-OH is 1. The second-order valence-electron chi connectivity index (χ2n) is 5.29. The van der Waals surface area contributed by atoms with Gasteiger partial charge in [0.2, 0.25) is 0 Å². The Balaban J connectivity index is 4.34. The number of aliphatic hydroxyl groups is 1. The van der Waals surface area contributed by atoms with Crippen LogP contribution in [0.4, 0.5) is 0 Å². The average molecular weight is 173 g/mol. The Morgan fingerprint density at radius 2 is 1.58 bits per heavy atom. The molecule has 0 aliphatic carbocycles. The van der Waals surface area contributed by atoms with Gasteiger partial charge in [-0.05, 0) is 12.5 Å². The normalized spacial score (nSPS) is 16.2. The van der Waals surface area contributed by atoms with Gasteiger partial charge in [0.1, 0.15) is 0 Å². The third-order valence-corrected chi connectivity index (χ3v) is 2.19. The van der Waals surface area contributed by atoms with Crippen molar-refractivity contribution in [2.24, 2.45) is 10.8 Å². The van der Waals surface area contributed by atoms with Crippen LogP contribution in [0.2, 0.25) is 0 Å². The molecule has 0 amide bonds. The first-order valence-corrected chi connectivity index (χ1v) is 4.54. The van der Waals surface area contributed by atoms with Crippen LogP contribution >= 0.6 is 0 Å². The summed E-state index contributed by atoms with van der Waals surface area (Å²) in [5.74, 6) is 0. The first-order chi connectivity index (χ1) is 5.22. The third kappa shape index (κ3) is 3.11. The lowest BCUT2D eigenvalue weighted by Gasteiger charge is -2.39. The summed E-state index contributed by atoms with van der Waals surface area (Å²) in [5.41, 5.74) is -0.104. The molecular weight excluding hydrogens is 150 g/mol. The summed E-state index contributed by atoms with van der Waals surface area (Å²) in [4.78, 5) is 0. The van der Waals surface area contributed by atoms with E-state index in [4.69, 9.17) is 0 Å². The van der Waals surface area contributed by atoms with Crippen LogP contribution in [0.3, 0.4) is 0 Å². The van der Waals surface area contributed by atoms with Crippen molar-refractivity contribution >= 4 is 0 Å². The van der Waals surface area contributed by atoms with Gasteiger partial charge < -0.3 is 10.4 Å². The third-order valence-electron chi connectivity index (χ3n) is 2.19. The van der Waals surface area contributed by atoms with E-state index in [0.29, 0.717) is 0 Å². The fourth-order valence-electron chi connectivity index (χ4n) is 1.72. The van der Waals surface area contributed by atoms with Crippen molar-refractivity contribution in [3.8, 4) is 0 Å². The molecule has 0 fully saturated rings. The fourth-order valence-corrected chi connectivity index (χ4v) is 1.72. The van der Waals surface area contributed by atoms with E-state index in [1.54, 1.807) is 0 Å². The lowest BCUT2D eigenvalue weighted by molar-refractivity contribution is -0.0306. The van der Waals surface area contributed by atoms with Crippen molar-refractivity contribution in [1.29, 1.82) is 0 Å². The summed E-state index contributed by atoms with van der Waals surface area (Å²) >= 11 is 0. The van der Waals surface area contributed by atoms with Crippen molar-refractivity contribution in [1.82, 2.24) is 5.32 Å². The highest BCUT2D eigenvalue weighted by molar-refractivity contribution is 4.87. The zero-order valence-corrected chi connectivity index (χ0v) is 9.23. The molecule has 0 aromatic carbocycles. The molecule has 2 nitrogen and oxygen atoms in total. The number of rotatable bonds is 3. The Morgan fingerprint density at radius 3 is 1.83 bits per heavy atom. The first-order valence-electron chi connectivity index (χ1n) is 4.54. The molecule has 2 heteroatoms. The molecular formula is C10H23NO. The van der Waals surface area contributed by atoms with Gasteiger partial charge in [0, 0.05) is 12.0 Å². The molecule has 1 unspecified atom stereocenters. The van der Waals surface area contributed by atoms with Crippen LogP contribution in [0.1, 0.15) is 34.6 Å². The summed E-state index contributed by atoms with van der Waals surface area (Å²) in [7, 11) is 1.91. The topological polar surface area (TPSA) is 32.3 Å². The van der Waals surface area contributed by atoms with E-state index < -0.39 is 0 Å². The van der Waals surface area contributed by atoms with Gasteiger partial charge in [-0.3, -0.25) is 0 Å². The molecule has 0 aliphatic heterocycles. The molecule has 0 rings (SSSR count). The molecule has 0 aromatic heterocycles. The van der Waals surface area contributed by atoms with Crippen LogP contribution in [-0.4, -0.2) is 24.8 Å². The minimum absolute atomic E-state index is 0.0413. The Bertz CT molecular complexity index is 135. The molecule has 0 saturated heterocycles. The largest absolute Gasteiger partial charge is 0.392 e. The second-order valence-corrected chi connectivity index (χ2v) is 5.29. The summed E-state index contributed by atoms with van der Waals surface area (Å²) in [6, 6.07) is 0. The van der Waals surface area contributed by atoms with E-state index in [0.717, 1.165) is 6.54 Å². The van der Waals surface area contributed by atoms with E-state index in [-0.39, 0.29) is 16.9 Å². The van der Waals surface area contributed by atoms with Crippen molar-refractivity contribution < 1.29 is 5.11 Å². The predicted octanol–water partition coefficient (Wildman–Crippen LogP) is 1.64. The van der Waals surface area contributed by atoms with Gasteiger partial charge in [0.05, 0.1) is 6.10 Å². The molecule has 0 bridgehead atoms. The van der Waals surface area contributed by atoms with Gasteiger partial charge in [-0.25, -0.2) is 0 Å². The second kappa shape index (κ2) is 3.75. The maximum absolute atomic E-state index is 10.0. The van der Waals surface area contributed by atoms with Crippen LogP contribution in [0, 0.1) is 10.8 Å². The number of hydrogen-bond acceptors (Lipinski definition) is 2. The summed E-state index contributed by atoms with van der Waals surface area (Å²) in [6.07, 6.45) is -0.280. The smallest absolute Gasteiger partial charge is 0.0651 e. The van der Waals surface area contributed by atoms with E-state index in [2.05, 4.69) is 39.9 Å². The minimum atomic E-state index is -0.280.